The molecule has 3 N–H and O–H groups in total. The maximum absolute atomic E-state index is 5.78. The lowest BCUT2D eigenvalue weighted by molar-refractivity contribution is 0.206. The van der Waals surface area contributed by atoms with Gasteiger partial charge in [-0.3, -0.25) is 11.3 Å². The van der Waals surface area contributed by atoms with Crippen LogP contribution in [-0.4, -0.2) is 6.04 Å². The summed E-state index contributed by atoms with van der Waals surface area (Å²) in [5.41, 5.74) is 3.13. The second-order valence-corrected chi connectivity index (χ2v) is 5.77. The molecule has 0 saturated heterocycles. The summed E-state index contributed by atoms with van der Waals surface area (Å²) in [5, 5.41) is 0. The molecule has 2 aliphatic carbocycles. The number of nitrogens with one attached hydrogen (secondary N) is 1. The molecule has 88 valence electrons. The Morgan fingerprint density at radius 1 is 1.00 bits per heavy atom. The Morgan fingerprint density at radius 2 is 1.73 bits per heavy atom. The Bertz CT molecular complexity index is 182. The highest BCUT2D eigenvalue weighted by molar-refractivity contribution is 4.87. The molecule has 0 aliphatic heterocycles. The molecular weight excluding hydrogens is 184 g/mol. The van der Waals surface area contributed by atoms with Gasteiger partial charge in [-0.25, -0.2) is 0 Å². The van der Waals surface area contributed by atoms with Gasteiger partial charge in [0.1, 0.15) is 0 Å². The van der Waals surface area contributed by atoms with Gasteiger partial charge in [0.15, 0.2) is 0 Å². The Morgan fingerprint density at radius 3 is 2.27 bits per heavy atom. The fraction of sp³-hybridized carbons (Fsp3) is 1.00. The van der Waals surface area contributed by atoms with Crippen LogP contribution in [0.3, 0.4) is 0 Å². The summed E-state index contributed by atoms with van der Waals surface area (Å²) in [5.74, 6) is 8.42. The van der Waals surface area contributed by atoms with Gasteiger partial charge in [-0.15, -0.1) is 0 Å². The smallest absolute Gasteiger partial charge is 0.0267 e. The standard InChI is InChI=1S/C13H26N2/c1-10-7-8-12(9-10)13(15-14)11-5-3-2-4-6-11/h10-13,15H,2-9,14H2,1H3. The largest absolute Gasteiger partial charge is 0.271 e. The van der Waals surface area contributed by atoms with Crippen molar-refractivity contribution in [3.05, 3.63) is 0 Å². The van der Waals surface area contributed by atoms with E-state index >= 15 is 0 Å². The zero-order chi connectivity index (χ0) is 10.7. The van der Waals surface area contributed by atoms with Crippen molar-refractivity contribution >= 4 is 0 Å². The van der Waals surface area contributed by atoms with Gasteiger partial charge >= 0.3 is 0 Å². The summed E-state index contributed by atoms with van der Waals surface area (Å²) >= 11 is 0. The Hall–Kier alpha value is -0.0800. The predicted octanol–water partition coefficient (Wildman–Crippen LogP) is 2.83. The Balaban J connectivity index is 1.90. The summed E-state index contributed by atoms with van der Waals surface area (Å²) in [6.45, 7) is 2.38. The zero-order valence-corrected chi connectivity index (χ0v) is 10.0. The predicted molar refractivity (Wildman–Crippen MR) is 64.2 cm³/mol. The highest BCUT2D eigenvalue weighted by atomic mass is 15.2. The maximum Gasteiger partial charge on any atom is 0.0267 e. The summed E-state index contributed by atoms with van der Waals surface area (Å²) < 4.78 is 0. The number of hydrazine groups is 1. The first kappa shape index (κ1) is 11.4. The van der Waals surface area contributed by atoms with Crippen LogP contribution in [-0.2, 0) is 0 Å². The molecule has 0 radical (unpaired) electrons. The van der Waals surface area contributed by atoms with Crippen molar-refractivity contribution in [2.75, 3.05) is 0 Å². The van der Waals surface area contributed by atoms with Crippen LogP contribution in [0.5, 0.6) is 0 Å². The highest BCUT2D eigenvalue weighted by Gasteiger charge is 2.33. The van der Waals surface area contributed by atoms with Gasteiger partial charge in [0.25, 0.3) is 0 Å². The third-order valence-corrected chi connectivity index (χ3v) is 4.59. The molecule has 3 atom stereocenters. The van der Waals surface area contributed by atoms with E-state index in [9.17, 15) is 0 Å². The summed E-state index contributed by atoms with van der Waals surface area (Å²) in [6.07, 6.45) is 11.3. The van der Waals surface area contributed by atoms with Gasteiger partial charge < -0.3 is 0 Å². The van der Waals surface area contributed by atoms with Crippen molar-refractivity contribution < 1.29 is 0 Å². The van der Waals surface area contributed by atoms with Crippen LogP contribution < -0.4 is 11.3 Å². The van der Waals surface area contributed by atoms with Crippen molar-refractivity contribution in [1.29, 1.82) is 0 Å². The molecule has 2 rings (SSSR count). The minimum atomic E-state index is 0.607. The minimum absolute atomic E-state index is 0.607. The lowest BCUT2D eigenvalue weighted by atomic mass is 9.78. The first-order chi connectivity index (χ1) is 7.31. The van der Waals surface area contributed by atoms with Crippen molar-refractivity contribution in [2.45, 2.75) is 64.3 Å². The van der Waals surface area contributed by atoms with Crippen LogP contribution in [0.1, 0.15) is 58.3 Å². The first-order valence-corrected chi connectivity index (χ1v) is 6.77. The van der Waals surface area contributed by atoms with Gasteiger partial charge in [0.2, 0.25) is 0 Å². The lowest BCUT2D eigenvalue weighted by Gasteiger charge is -2.33. The van der Waals surface area contributed by atoms with Crippen LogP contribution in [0.15, 0.2) is 0 Å². The number of nitrogens with two attached hydrogens (primary N) is 1. The van der Waals surface area contributed by atoms with Crippen LogP contribution in [0.2, 0.25) is 0 Å². The van der Waals surface area contributed by atoms with E-state index in [0.29, 0.717) is 6.04 Å². The van der Waals surface area contributed by atoms with E-state index in [4.69, 9.17) is 5.84 Å². The molecule has 3 unspecified atom stereocenters. The van der Waals surface area contributed by atoms with E-state index in [1.807, 2.05) is 0 Å². The van der Waals surface area contributed by atoms with Crippen molar-refractivity contribution in [1.82, 2.24) is 5.43 Å². The maximum atomic E-state index is 5.78. The van der Waals surface area contributed by atoms with Gasteiger partial charge in [-0.05, 0) is 43.4 Å². The average molecular weight is 210 g/mol. The van der Waals surface area contributed by atoms with Crippen LogP contribution >= 0.6 is 0 Å². The van der Waals surface area contributed by atoms with Crippen molar-refractivity contribution in [3.63, 3.8) is 0 Å². The quantitative estimate of drug-likeness (QED) is 0.555. The molecule has 0 aromatic heterocycles. The molecule has 0 spiro atoms. The van der Waals surface area contributed by atoms with Gasteiger partial charge in [0.05, 0.1) is 0 Å². The Kier molecular flexibility index (Phi) is 4.04. The molecule has 0 amide bonds. The third kappa shape index (κ3) is 2.73. The first-order valence-electron chi connectivity index (χ1n) is 6.77. The molecule has 2 nitrogen and oxygen atoms in total. The fourth-order valence-electron chi connectivity index (χ4n) is 3.73. The molecule has 0 aromatic rings. The average Bonchev–Trinajstić information content (AvgIpc) is 2.68. The molecule has 2 fully saturated rings. The Labute approximate surface area is 94.0 Å². The fourth-order valence-corrected chi connectivity index (χ4v) is 3.73. The van der Waals surface area contributed by atoms with E-state index in [0.717, 1.165) is 17.8 Å². The van der Waals surface area contributed by atoms with E-state index in [-0.39, 0.29) is 0 Å². The van der Waals surface area contributed by atoms with Gasteiger partial charge in [0, 0.05) is 6.04 Å². The van der Waals surface area contributed by atoms with Gasteiger partial charge in [-0.2, -0.15) is 0 Å². The molecule has 0 bridgehead atoms. The molecule has 0 heterocycles. The van der Waals surface area contributed by atoms with Crippen LogP contribution in [0, 0.1) is 17.8 Å². The van der Waals surface area contributed by atoms with Crippen molar-refractivity contribution in [3.8, 4) is 0 Å². The zero-order valence-electron chi connectivity index (χ0n) is 10.0. The molecule has 0 aromatic carbocycles. The lowest BCUT2D eigenvalue weighted by Crippen LogP contribution is -2.46. The molecule has 2 aliphatic rings. The minimum Gasteiger partial charge on any atom is -0.271 e. The van der Waals surface area contributed by atoms with Crippen LogP contribution in [0.25, 0.3) is 0 Å². The third-order valence-electron chi connectivity index (χ3n) is 4.59. The molecule has 15 heavy (non-hydrogen) atoms. The molecule has 2 saturated carbocycles. The van der Waals surface area contributed by atoms with E-state index in [1.54, 1.807) is 0 Å². The normalized spacial score (nSPS) is 35.6. The van der Waals surface area contributed by atoms with Crippen molar-refractivity contribution in [2.24, 2.45) is 23.6 Å². The number of hydrogen-bond acceptors (Lipinski definition) is 2. The molecular formula is C13H26N2. The van der Waals surface area contributed by atoms with Crippen LogP contribution in [0.4, 0.5) is 0 Å². The van der Waals surface area contributed by atoms with E-state index in [2.05, 4.69) is 12.3 Å². The van der Waals surface area contributed by atoms with E-state index in [1.165, 1.54) is 51.4 Å². The van der Waals surface area contributed by atoms with Gasteiger partial charge in [-0.1, -0.05) is 32.6 Å². The van der Waals surface area contributed by atoms with E-state index < -0.39 is 0 Å². The summed E-state index contributed by atoms with van der Waals surface area (Å²) in [7, 11) is 0. The number of rotatable bonds is 3. The highest BCUT2D eigenvalue weighted by Crippen LogP contribution is 2.38. The summed E-state index contributed by atoms with van der Waals surface area (Å²) in [6, 6.07) is 0.607. The SMILES string of the molecule is CC1CCC(C(NN)C2CCCCC2)C1. The monoisotopic (exact) mass is 210 g/mol. The summed E-state index contributed by atoms with van der Waals surface area (Å²) in [4.78, 5) is 0. The second-order valence-electron chi connectivity index (χ2n) is 5.77. The number of hydrogen-bond donors (Lipinski definition) is 2. The second kappa shape index (κ2) is 5.31. The molecule has 2 heteroatoms. The topological polar surface area (TPSA) is 38.0 Å².